The molecular weight excluding hydrogens is 499 g/mol. The minimum Gasteiger partial charge on any atom is -0.444 e. The van der Waals surface area contributed by atoms with E-state index < -0.39 is 45.5 Å². The van der Waals surface area contributed by atoms with Gasteiger partial charge in [0.05, 0.1) is 10.5 Å². The third-order valence-corrected chi connectivity index (χ3v) is 8.71. The van der Waals surface area contributed by atoms with Gasteiger partial charge in [0.15, 0.2) is 0 Å². The van der Waals surface area contributed by atoms with Crippen LogP contribution in [0.25, 0.3) is 0 Å². The first-order valence-corrected chi connectivity index (χ1v) is 13.6. The van der Waals surface area contributed by atoms with E-state index in [1.54, 1.807) is 25.7 Å². The molecule has 1 aromatic carbocycles. The van der Waals surface area contributed by atoms with Gasteiger partial charge in [-0.2, -0.15) is 17.5 Å². The minimum atomic E-state index is -4.64. The molecule has 2 amide bonds. The summed E-state index contributed by atoms with van der Waals surface area (Å²) in [6.07, 6.45) is -2.57. The van der Waals surface area contributed by atoms with Gasteiger partial charge in [-0.15, -0.1) is 0 Å². The van der Waals surface area contributed by atoms with Gasteiger partial charge in [0.2, 0.25) is 15.9 Å². The standard InChI is InChI=1S/C24H32F3N3O5S/c1-23(2,3)35-22(32)29-14-11-20(29)21(31)28-12-9-18(10-13-28)30(17-7-8-17)36(33,34)19-6-4-5-16(15-19)24(25,26)27/h4-6,15,17-18,20H,7-14H2,1-3H3. The second-order valence-electron chi connectivity index (χ2n) is 10.6. The first-order valence-electron chi connectivity index (χ1n) is 12.2. The largest absolute Gasteiger partial charge is 0.444 e. The van der Waals surface area contributed by atoms with Crippen molar-refractivity contribution in [2.75, 3.05) is 19.6 Å². The van der Waals surface area contributed by atoms with Crippen molar-refractivity contribution in [3.8, 4) is 0 Å². The predicted molar refractivity (Wildman–Crippen MR) is 124 cm³/mol. The van der Waals surface area contributed by atoms with Crippen LogP contribution >= 0.6 is 0 Å². The third kappa shape index (κ3) is 5.64. The maximum atomic E-state index is 13.4. The predicted octanol–water partition coefficient (Wildman–Crippen LogP) is 3.86. The highest BCUT2D eigenvalue weighted by Gasteiger charge is 2.46. The van der Waals surface area contributed by atoms with Crippen LogP contribution < -0.4 is 0 Å². The van der Waals surface area contributed by atoms with E-state index in [0.717, 1.165) is 12.1 Å². The summed E-state index contributed by atoms with van der Waals surface area (Å²) < 4.78 is 73.1. The molecule has 3 fully saturated rings. The molecule has 1 saturated carbocycles. The fourth-order valence-corrected chi connectivity index (χ4v) is 6.69. The van der Waals surface area contributed by atoms with Gasteiger partial charge in [-0.1, -0.05) is 6.07 Å². The highest BCUT2D eigenvalue weighted by molar-refractivity contribution is 7.89. The van der Waals surface area contributed by atoms with Crippen LogP contribution in [0.5, 0.6) is 0 Å². The number of carbonyl (C=O) groups is 2. The fourth-order valence-electron chi connectivity index (χ4n) is 4.71. The monoisotopic (exact) mass is 531 g/mol. The number of sulfonamides is 1. The van der Waals surface area contributed by atoms with Crippen LogP contribution in [-0.2, 0) is 25.7 Å². The fraction of sp³-hybridized carbons (Fsp3) is 0.667. The van der Waals surface area contributed by atoms with Gasteiger partial charge in [-0.05, 0) is 71.1 Å². The number of hydrogen-bond donors (Lipinski definition) is 0. The molecule has 1 unspecified atom stereocenters. The normalized spacial score (nSPS) is 21.9. The molecule has 0 spiro atoms. The number of ether oxygens (including phenoxy) is 1. The Morgan fingerprint density at radius 3 is 2.08 bits per heavy atom. The molecule has 4 rings (SSSR count). The molecule has 2 heterocycles. The first kappa shape index (κ1) is 26.7. The zero-order chi connectivity index (χ0) is 26.5. The van der Waals surface area contributed by atoms with Gasteiger partial charge in [0.25, 0.3) is 0 Å². The van der Waals surface area contributed by atoms with E-state index in [4.69, 9.17) is 4.74 Å². The van der Waals surface area contributed by atoms with Crippen LogP contribution in [-0.4, -0.2) is 77.9 Å². The van der Waals surface area contributed by atoms with E-state index >= 15 is 0 Å². The summed E-state index contributed by atoms with van der Waals surface area (Å²) in [5.41, 5.74) is -1.68. The summed E-state index contributed by atoms with van der Waals surface area (Å²) in [6, 6.07) is 2.59. The first-order chi connectivity index (χ1) is 16.7. The molecule has 2 saturated heterocycles. The smallest absolute Gasteiger partial charge is 0.416 e. The number of benzene rings is 1. The van der Waals surface area contributed by atoms with Crippen LogP contribution in [0.3, 0.4) is 0 Å². The molecule has 0 N–H and O–H groups in total. The number of likely N-dealkylation sites (tertiary alicyclic amines) is 2. The molecule has 3 aliphatic rings. The quantitative estimate of drug-likeness (QED) is 0.576. The Kier molecular flexibility index (Phi) is 7.06. The summed E-state index contributed by atoms with van der Waals surface area (Å²) in [5.74, 6) is -0.190. The Labute approximate surface area is 209 Å². The van der Waals surface area contributed by atoms with Gasteiger partial charge in [0.1, 0.15) is 11.6 Å². The Hall–Kier alpha value is -2.34. The lowest BCUT2D eigenvalue weighted by Crippen LogP contribution is -2.61. The molecule has 2 aliphatic heterocycles. The van der Waals surface area contributed by atoms with E-state index in [1.165, 1.54) is 15.3 Å². The van der Waals surface area contributed by atoms with Crippen LogP contribution in [0.2, 0.25) is 0 Å². The summed E-state index contributed by atoms with van der Waals surface area (Å²) in [5, 5.41) is 0. The van der Waals surface area contributed by atoms with Crippen LogP contribution in [0.1, 0.15) is 58.4 Å². The molecule has 0 bridgehead atoms. The number of rotatable bonds is 5. The van der Waals surface area contributed by atoms with E-state index in [0.29, 0.717) is 57.8 Å². The Morgan fingerprint density at radius 1 is 0.972 bits per heavy atom. The molecular formula is C24H32F3N3O5S. The number of piperidine rings is 1. The Morgan fingerprint density at radius 2 is 1.58 bits per heavy atom. The summed E-state index contributed by atoms with van der Waals surface area (Å²) >= 11 is 0. The van der Waals surface area contributed by atoms with Crippen LogP contribution in [0.4, 0.5) is 18.0 Å². The zero-order valence-corrected chi connectivity index (χ0v) is 21.4. The number of hydrogen-bond acceptors (Lipinski definition) is 5. The summed E-state index contributed by atoms with van der Waals surface area (Å²) in [4.78, 5) is 28.1. The summed E-state index contributed by atoms with van der Waals surface area (Å²) in [7, 11) is -4.14. The molecule has 12 heteroatoms. The second-order valence-corrected chi connectivity index (χ2v) is 12.5. The number of alkyl halides is 3. The van der Waals surface area contributed by atoms with E-state index in [2.05, 4.69) is 0 Å². The topological polar surface area (TPSA) is 87.2 Å². The molecule has 1 aromatic rings. The molecule has 0 radical (unpaired) electrons. The van der Waals surface area contributed by atoms with E-state index in [9.17, 15) is 31.2 Å². The molecule has 36 heavy (non-hydrogen) atoms. The number of halogens is 3. The maximum Gasteiger partial charge on any atom is 0.416 e. The lowest BCUT2D eigenvalue weighted by atomic mass is 9.99. The molecule has 1 aliphatic carbocycles. The lowest BCUT2D eigenvalue weighted by molar-refractivity contribution is -0.142. The van der Waals surface area contributed by atoms with Crippen molar-refractivity contribution in [3.05, 3.63) is 29.8 Å². The highest BCUT2D eigenvalue weighted by Crippen LogP contribution is 2.38. The minimum absolute atomic E-state index is 0.190. The number of amides is 2. The van der Waals surface area contributed by atoms with Gasteiger partial charge in [-0.3, -0.25) is 9.69 Å². The van der Waals surface area contributed by atoms with Gasteiger partial charge >= 0.3 is 12.3 Å². The van der Waals surface area contributed by atoms with Crippen molar-refractivity contribution >= 4 is 22.0 Å². The molecule has 8 nitrogen and oxygen atoms in total. The van der Waals surface area contributed by atoms with Crippen molar-refractivity contribution in [1.82, 2.24) is 14.1 Å². The maximum absolute atomic E-state index is 13.4. The second kappa shape index (κ2) is 9.51. The van der Waals surface area contributed by atoms with Gasteiger partial charge in [-0.25, -0.2) is 13.2 Å². The van der Waals surface area contributed by atoms with Crippen LogP contribution in [0.15, 0.2) is 29.2 Å². The molecule has 200 valence electrons. The molecule has 1 atom stereocenters. The van der Waals surface area contributed by atoms with Gasteiger partial charge in [0, 0.05) is 31.7 Å². The van der Waals surface area contributed by atoms with Crippen molar-refractivity contribution in [2.45, 2.75) is 87.7 Å². The van der Waals surface area contributed by atoms with Crippen molar-refractivity contribution in [3.63, 3.8) is 0 Å². The average molecular weight is 532 g/mol. The number of carbonyl (C=O) groups excluding carboxylic acids is 2. The van der Waals surface area contributed by atoms with Crippen molar-refractivity contribution in [1.29, 1.82) is 0 Å². The highest BCUT2D eigenvalue weighted by atomic mass is 32.2. The third-order valence-electron chi connectivity index (χ3n) is 6.71. The Bertz CT molecular complexity index is 1110. The van der Waals surface area contributed by atoms with Gasteiger partial charge < -0.3 is 9.64 Å². The van der Waals surface area contributed by atoms with Crippen LogP contribution in [0, 0.1) is 0 Å². The lowest BCUT2D eigenvalue weighted by Gasteiger charge is -2.44. The van der Waals surface area contributed by atoms with Crippen molar-refractivity contribution in [2.24, 2.45) is 0 Å². The average Bonchev–Trinajstić information content (AvgIpc) is 3.56. The molecule has 0 aromatic heterocycles. The van der Waals surface area contributed by atoms with Crippen molar-refractivity contribution < 1.29 is 35.9 Å². The zero-order valence-electron chi connectivity index (χ0n) is 20.6. The Balaban J connectivity index is 1.42. The van der Waals surface area contributed by atoms with E-state index in [1.807, 2.05) is 0 Å². The SMILES string of the molecule is CC(C)(C)OC(=O)N1CCC1C(=O)N1CCC(N(C2CC2)S(=O)(=O)c2cccc(C(F)(F)F)c2)CC1. The number of nitrogens with zero attached hydrogens (tertiary/aromatic N) is 3. The summed E-state index contributed by atoms with van der Waals surface area (Å²) in [6.45, 7) is 6.32. The van der Waals surface area contributed by atoms with E-state index in [-0.39, 0.29) is 16.8 Å².